The van der Waals surface area contributed by atoms with E-state index in [1.54, 1.807) is 24.5 Å². The molecule has 0 saturated carbocycles. The number of nitrogens with zero attached hydrogens (tertiary/aromatic N) is 2. The largest absolute Gasteiger partial charge is 0.320 e. The maximum absolute atomic E-state index is 11.9. The summed E-state index contributed by atoms with van der Waals surface area (Å²) >= 11 is 5.83. The van der Waals surface area contributed by atoms with Gasteiger partial charge in [-0.25, -0.2) is 4.98 Å². The predicted octanol–water partition coefficient (Wildman–Crippen LogP) is 2.69. The maximum atomic E-state index is 11.9. The van der Waals surface area contributed by atoms with Crippen LogP contribution in [0.3, 0.4) is 0 Å². The molecule has 2 aromatic rings. The standard InChI is InChI=1S/C12H10ClN3O/c1-8-5-9(7-14-6-8)16-12(17)10-3-2-4-15-11(10)13/h2-7H,1H3,(H,16,17). The Morgan fingerprint density at radius 1 is 1.41 bits per heavy atom. The molecule has 1 amide bonds. The smallest absolute Gasteiger partial charge is 0.258 e. The van der Waals surface area contributed by atoms with Crippen molar-refractivity contribution in [1.29, 1.82) is 0 Å². The molecule has 2 heterocycles. The van der Waals surface area contributed by atoms with Gasteiger partial charge in [-0.1, -0.05) is 11.6 Å². The zero-order valence-electron chi connectivity index (χ0n) is 9.14. The van der Waals surface area contributed by atoms with Crippen molar-refractivity contribution >= 4 is 23.2 Å². The normalized spacial score (nSPS) is 10.0. The summed E-state index contributed by atoms with van der Waals surface area (Å²) in [5.41, 5.74) is 1.95. The fourth-order valence-corrected chi connectivity index (χ4v) is 1.58. The van der Waals surface area contributed by atoms with Crippen LogP contribution < -0.4 is 5.32 Å². The Morgan fingerprint density at radius 3 is 2.94 bits per heavy atom. The van der Waals surface area contributed by atoms with E-state index < -0.39 is 0 Å². The number of hydrogen-bond acceptors (Lipinski definition) is 3. The highest BCUT2D eigenvalue weighted by Gasteiger charge is 2.10. The van der Waals surface area contributed by atoms with Crippen LogP contribution in [0.5, 0.6) is 0 Å². The van der Waals surface area contributed by atoms with Gasteiger partial charge in [0.25, 0.3) is 5.91 Å². The second-order valence-corrected chi connectivity index (χ2v) is 3.90. The van der Waals surface area contributed by atoms with E-state index in [9.17, 15) is 4.79 Å². The van der Waals surface area contributed by atoms with E-state index in [0.717, 1.165) is 5.56 Å². The molecule has 0 saturated heterocycles. The molecular formula is C12H10ClN3O. The molecular weight excluding hydrogens is 238 g/mol. The van der Waals surface area contributed by atoms with Crippen molar-refractivity contribution < 1.29 is 4.79 Å². The topological polar surface area (TPSA) is 54.9 Å². The highest BCUT2D eigenvalue weighted by atomic mass is 35.5. The third kappa shape index (κ3) is 2.79. The molecule has 86 valence electrons. The first-order valence-corrected chi connectivity index (χ1v) is 5.38. The molecule has 0 aliphatic heterocycles. The Morgan fingerprint density at radius 2 is 2.24 bits per heavy atom. The van der Waals surface area contributed by atoms with Gasteiger partial charge in [-0.05, 0) is 30.7 Å². The average Bonchev–Trinajstić information content (AvgIpc) is 2.29. The van der Waals surface area contributed by atoms with Crippen molar-refractivity contribution in [3.05, 3.63) is 53.1 Å². The van der Waals surface area contributed by atoms with E-state index in [1.807, 2.05) is 13.0 Å². The molecule has 0 bridgehead atoms. The molecule has 2 rings (SSSR count). The Bertz CT molecular complexity index is 557. The first-order chi connectivity index (χ1) is 8.16. The summed E-state index contributed by atoms with van der Waals surface area (Å²) in [4.78, 5) is 19.7. The lowest BCUT2D eigenvalue weighted by Gasteiger charge is -2.06. The van der Waals surface area contributed by atoms with Gasteiger partial charge < -0.3 is 5.32 Å². The fourth-order valence-electron chi connectivity index (χ4n) is 1.38. The fraction of sp³-hybridized carbons (Fsp3) is 0.0833. The molecule has 0 aliphatic carbocycles. The van der Waals surface area contributed by atoms with Crippen LogP contribution in [-0.2, 0) is 0 Å². The first kappa shape index (κ1) is 11.5. The SMILES string of the molecule is Cc1cncc(NC(=O)c2cccnc2Cl)c1. The molecule has 0 unspecified atom stereocenters. The van der Waals surface area contributed by atoms with Crippen molar-refractivity contribution in [2.24, 2.45) is 0 Å². The molecule has 5 heteroatoms. The minimum atomic E-state index is -0.296. The van der Waals surface area contributed by atoms with Crippen LogP contribution in [-0.4, -0.2) is 15.9 Å². The second kappa shape index (κ2) is 4.93. The molecule has 0 radical (unpaired) electrons. The van der Waals surface area contributed by atoms with Gasteiger partial charge in [-0.2, -0.15) is 0 Å². The number of nitrogens with one attached hydrogen (secondary N) is 1. The molecule has 0 fully saturated rings. The van der Waals surface area contributed by atoms with E-state index in [0.29, 0.717) is 11.3 Å². The number of amides is 1. The predicted molar refractivity (Wildman–Crippen MR) is 66.2 cm³/mol. The number of rotatable bonds is 2. The quantitative estimate of drug-likeness (QED) is 0.830. The van der Waals surface area contributed by atoms with E-state index >= 15 is 0 Å². The molecule has 1 N–H and O–H groups in total. The summed E-state index contributed by atoms with van der Waals surface area (Å²) in [6.07, 6.45) is 4.83. The minimum absolute atomic E-state index is 0.186. The van der Waals surface area contributed by atoms with Crippen LogP contribution in [0.25, 0.3) is 0 Å². The lowest BCUT2D eigenvalue weighted by Crippen LogP contribution is -2.13. The molecule has 0 aliphatic rings. The van der Waals surface area contributed by atoms with Gasteiger partial charge in [0, 0.05) is 12.4 Å². The van der Waals surface area contributed by atoms with Crippen molar-refractivity contribution in [1.82, 2.24) is 9.97 Å². The van der Waals surface area contributed by atoms with Gasteiger partial charge in [-0.15, -0.1) is 0 Å². The van der Waals surface area contributed by atoms with Crippen LogP contribution >= 0.6 is 11.6 Å². The molecule has 2 aromatic heterocycles. The first-order valence-electron chi connectivity index (χ1n) is 5.00. The van der Waals surface area contributed by atoms with Gasteiger partial charge in [0.05, 0.1) is 17.4 Å². The highest BCUT2D eigenvalue weighted by molar-refractivity contribution is 6.33. The zero-order chi connectivity index (χ0) is 12.3. The van der Waals surface area contributed by atoms with Crippen LogP contribution in [0, 0.1) is 6.92 Å². The number of carbonyl (C=O) groups excluding carboxylic acids is 1. The van der Waals surface area contributed by atoms with Crippen LogP contribution in [0.1, 0.15) is 15.9 Å². The molecule has 4 nitrogen and oxygen atoms in total. The van der Waals surface area contributed by atoms with Crippen molar-refractivity contribution in [3.63, 3.8) is 0 Å². The van der Waals surface area contributed by atoms with Gasteiger partial charge in [-0.3, -0.25) is 9.78 Å². The number of hydrogen-bond donors (Lipinski definition) is 1. The molecule has 0 atom stereocenters. The molecule has 0 spiro atoms. The van der Waals surface area contributed by atoms with Gasteiger partial charge in [0.1, 0.15) is 5.15 Å². The van der Waals surface area contributed by atoms with Crippen molar-refractivity contribution in [2.45, 2.75) is 6.92 Å². The summed E-state index contributed by atoms with van der Waals surface area (Å²) in [6.45, 7) is 1.90. The lowest BCUT2D eigenvalue weighted by molar-refractivity contribution is 0.102. The molecule has 17 heavy (non-hydrogen) atoms. The molecule has 0 aromatic carbocycles. The monoisotopic (exact) mass is 247 g/mol. The van der Waals surface area contributed by atoms with Gasteiger partial charge in [0.2, 0.25) is 0 Å². The zero-order valence-corrected chi connectivity index (χ0v) is 9.90. The maximum Gasteiger partial charge on any atom is 0.258 e. The number of aryl methyl sites for hydroxylation is 1. The number of anilines is 1. The Kier molecular flexibility index (Phi) is 3.35. The Hall–Kier alpha value is -1.94. The number of aromatic nitrogens is 2. The Labute approximate surface area is 104 Å². The highest BCUT2D eigenvalue weighted by Crippen LogP contribution is 2.14. The lowest BCUT2D eigenvalue weighted by atomic mass is 10.2. The van der Waals surface area contributed by atoms with Crippen LogP contribution in [0.2, 0.25) is 5.15 Å². The van der Waals surface area contributed by atoms with E-state index in [1.165, 1.54) is 6.20 Å². The van der Waals surface area contributed by atoms with Crippen LogP contribution in [0.4, 0.5) is 5.69 Å². The summed E-state index contributed by atoms with van der Waals surface area (Å²) in [5.74, 6) is -0.296. The van der Waals surface area contributed by atoms with E-state index in [-0.39, 0.29) is 11.1 Å². The van der Waals surface area contributed by atoms with Gasteiger partial charge >= 0.3 is 0 Å². The summed E-state index contributed by atoms with van der Waals surface area (Å²) in [6, 6.07) is 5.11. The number of pyridine rings is 2. The number of halogens is 1. The van der Waals surface area contributed by atoms with Crippen molar-refractivity contribution in [3.8, 4) is 0 Å². The summed E-state index contributed by atoms with van der Waals surface area (Å²) < 4.78 is 0. The second-order valence-electron chi connectivity index (χ2n) is 3.55. The minimum Gasteiger partial charge on any atom is -0.320 e. The third-order valence-electron chi connectivity index (χ3n) is 2.14. The Balaban J connectivity index is 2.20. The third-order valence-corrected chi connectivity index (χ3v) is 2.44. The van der Waals surface area contributed by atoms with E-state index in [2.05, 4.69) is 15.3 Å². The van der Waals surface area contributed by atoms with Crippen molar-refractivity contribution in [2.75, 3.05) is 5.32 Å². The average molecular weight is 248 g/mol. The summed E-state index contributed by atoms with van der Waals surface area (Å²) in [7, 11) is 0. The summed E-state index contributed by atoms with van der Waals surface area (Å²) in [5, 5.41) is 2.90. The van der Waals surface area contributed by atoms with Crippen LogP contribution in [0.15, 0.2) is 36.8 Å². The number of carbonyl (C=O) groups is 1. The van der Waals surface area contributed by atoms with E-state index in [4.69, 9.17) is 11.6 Å². The van der Waals surface area contributed by atoms with Gasteiger partial charge in [0.15, 0.2) is 0 Å².